The van der Waals surface area contributed by atoms with Crippen LogP contribution in [-0.4, -0.2) is 13.1 Å². The van der Waals surface area contributed by atoms with Gasteiger partial charge in [-0.05, 0) is 41.8 Å². The van der Waals surface area contributed by atoms with Gasteiger partial charge in [0, 0.05) is 5.56 Å². The second-order valence-electron chi connectivity index (χ2n) is 5.34. The summed E-state index contributed by atoms with van der Waals surface area (Å²) in [5.41, 5.74) is 4.34. The number of hydrogen-bond acceptors (Lipinski definition) is 1. The lowest BCUT2D eigenvalue weighted by atomic mass is 9.95. The maximum atomic E-state index is 5.70. The molecule has 100 valence electrons. The molecule has 0 aliphatic carbocycles. The fourth-order valence-electron chi connectivity index (χ4n) is 3.06. The molecule has 2 aromatic carbocycles. The lowest BCUT2D eigenvalue weighted by Gasteiger charge is -2.18. The predicted molar refractivity (Wildman–Crippen MR) is 78.2 cm³/mol. The van der Waals surface area contributed by atoms with Gasteiger partial charge in [0.1, 0.15) is 6.54 Å². The van der Waals surface area contributed by atoms with E-state index >= 15 is 0 Å². The van der Waals surface area contributed by atoms with Crippen molar-refractivity contribution >= 4 is 10.8 Å². The highest BCUT2D eigenvalue weighted by Crippen LogP contribution is 2.31. The van der Waals surface area contributed by atoms with Crippen molar-refractivity contribution in [3.8, 4) is 0 Å². The summed E-state index contributed by atoms with van der Waals surface area (Å²) in [4.78, 5) is 1.63. The number of nitrogens with one attached hydrogen (secondary N) is 1. The van der Waals surface area contributed by atoms with Crippen LogP contribution in [0.5, 0.6) is 0 Å². The first-order valence-electron chi connectivity index (χ1n) is 7.27. The predicted octanol–water partition coefficient (Wildman–Crippen LogP) is 2.29. The average Bonchev–Trinajstić information content (AvgIpc) is 2.94. The third kappa shape index (κ3) is 2.26. The van der Waals surface area contributed by atoms with Crippen LogP contribution in [0.4, 0.5) is 0 Å². The highest BCUT2D eigenvalue weighted by molar-refractivity contribution is 5.88. The molecule has 0 amide bonds. The molecule has 1 aliphatic heterocycles. The summed E-state index contributed by atoms with van der Waals surface area (Å²) in [6.45, 7) is 9.56. The molecule has 0 radical (unpaired) electrons. The smallest absolute Gasteiger partial charge is 0.103 e. The monoisotopic (exact) mass is 256 g/mol. The second-order valence-corrected chi connectivity index (χ2v) is 5.34. The first-order chi connectivity index (χ1) is 9.33. The molecule has 2 heteroatoms. The average molecular weight is 256 g/mol. The first-order valence-corrected chi connectivity index (χ1v) is 7.27. The molecule has 1 N–H and O–H groups in total. The van der Waals surface area contributed by atoms with Crippen molar-refractivity contribution in [2.75, 3.05) is 13.1 Å². The minimum atomic E-state index is 0.775. The zero-order valence-electron chi connectivity index (χ0n) is 11.8. The summed E-state index contributed by atoms with van der Waals surface area (Å²) >= 11 is 0. The van der Waals surface area contributed by atoms with E-state index in [0.717, 1.165) is 19.8 Å². The molecule has 3 rings (SSSR count). The molecule has 0 saturated heterocycles. The van der Waals surface area contributed by atoms with E-state index in [9.17, 15) is 0 Å². The van der Waals surface area contributed by atoms with Crippen molar-refractivity contribution in [1.29, 1.82) is 0 Å². The first kappa shape index (κ1) is 12.6. The van der Waals surface area contributed by atoms with Crippen LogP contribution in [0, 0.1) is 0 Å². The molecule has 0 unspecified atom stereocenters. The minimum Gasteiger partial charge on any atom is -0.372 e. The van der Waals surface area contributed by atoms with Gasteiger partial charge in [-0.15, -0.1) is 0 Å². The summed E-state index contributed by atoms with van der Waals surface area (Å²) in [5, 5.41) is 2.72. The number of rotatable bonds is 4. The van der Waals surface area contributed by atoms with E-state index in [1.165, 1.54) is 40.6 Å². The molecule has 0 saturated carbocycles. The number of ether oxygens (including phenoxy) is 1. The van der Waals surface area contributed by atoms with Crippen LogP contribution >= 0.6 is 0 Å². The van der Waals surface area contributed by atoms with Crippen LogP contribution in [0.25, 0.3) is 10.8 Å². The quantitative estimate of drug-likeness (QED) is 0.886. The molecular formula is C17H22NO+. The maximum absolute atomic E-state index is 5.70. The molecule has 1 aliphatic rings. The molecule has 0 aromatic heterocycles. The van der Waals surface area contributed by atoms with Crippen molar-refractivity contribution in [2.24, 2.45) is 0 Å². The van der Waals surface area contributed by atoms with Crippen LogP contribution < -0.4 is 4.90 Å². The lowest BCUT2D eigenvalue weighted by molar-refractivity contribution is -0.910. The Labute approximate surface area is 115 Å². The molecule has 1 heterocycles. The minimum absolute atomic E-state index is 0.775. The molecule has 2 nitrogen and oxygen atoms in total. The topological polar surface area (TPSA) is 13.7 Å². The van der Waals surface area contributed by atoms with Crippen LogP contribution in [-0.2, 0) is 24.5 Å². The van der Waals surface area contributed by atoms with Gasteiger partial charge >= 0.3 is 0 Å². The van der Waals surface area contributed by atoms with E-state index in [2.05, 4.69) is 44.2 Å². The van der Waals surface area contributed by atoms with Gasteiger partial charge in [-0.25, -0.2) is 0 Å². The van der Waals surface area contributed by atoms with Crippen molar-refractivity contribution in [1.82, 2.24) is 0 Å². The molecular weight excluding hydrogens is 234 g/mol. The van der Waals surface area contributed by atoms with Crippen molar-refractivity contribution < 1.29 is 9.64 Å². The van der Waals surface area contributed by atoms with Gasteiger partial charge in [0.15, 0.2) is 0 Å². The molecule has 0 spiro atoms. The fourth-order valence-corrected chi connectivity index (χ4v) is 3.06. The van der Waals surface area contributed by atoms with Gasteiger partial charge in [0.25, 0.3) is 0 Å². The van der Waals surface area contributed by atoms with E-state index in [0.29, 0.717) is 0 Å². The van der Waals surface area contributed by atoms with Crippen LogP contribution in [0.2, 0.25) is 0 Å². The molecule has 0 atom stereocenters. The number of fused-ring (bicyclic) bond motifs is 3. The Kier molecular flexibility index (Phi) is 3.54. The van der Waals surface area contributed by atoms with E-state index < -0.39 is 0 Å². The summed E-state index contributed by atoms with van der Waals surface area (Å²) in [7, 11) is 0. The zero-order valence-corrected chi connectivity index (χ0v) is 11.8. The van der Waals surface area contributed by atoms with Gasteiger partial charge < -0.3 is 9.64 Å². The SMILES string of the molecule is CC[NH+](CC)Cc1cc2ccccc2c2c1COC2. The van der Waals surface area contributed by atoms with Gasteiger partial charge in [-0.1, -0.05) is 24.3 Å². The van der Waals surface area contributed by atoms with Gasteiger partial charge in [0.05, 0.1) is 26.3 Å². The van der Waals surface area contributed by atoms with Gasteiger partial charge in [-0.3, -0.25) is 0 Å². The Morgan fingerprint density at radius 3 is 2.58 bits per heavy atom. The van der Waals surface area contributed by atoms with Crippen LogP contribution in [0.3, 0.4) is 0 Å². The second kappa shape index (κ2) is 5.32. The van der Waals surface area contributed by atoms with Gasteiger partial charge in [-0.2, -0.15) is 0 Å². The number of benzene rings is 2. The van der Waals surface area contributed by atoms with Crippen molar-refractivity contribution in [3.63, 3.8) is 0 Å². The largest absolute Gasteiger partial charge is 0.372 e. The summed E-state index contributed by atoms with van der Waals surface area (Å²) in [6, 6.07) is 11.1. The third-order valence-corrected chi connectivity index (χ3v) is 4.30. The Morgan fingerprint density at radius 2 is 1.79 bits per heavy atom. The molecule has 2 aromatic rings. The van der Waals surface area contributed by atoms with Crippen LogP contribution in [0.15, 0.2) is 30.3 Å². The lowest BCUT2D eigenvalue weighted by Crippen LogP contribution is -3.10. The standard InChI is InChI=1S/C17H21NO/c1-3-18(4-2)10-14-9-13-7-5-6-8-15(13)17-12-19-11-16(14)17/h5-9H,3-4,10-12H2,1-2H3/p+1. The molecule has 19 heavy (non-hydrogen) atoms. The van der Waals surface area contributed by atoms with Crippen LogP contribution in [0.1, 0.15) is 30.5 Å². The summed E-state index contributed by atoms with van der Waals surface area (Å²) in [5.74, 6) is 0. The highest BCUT2D eigenvalue weighted by atomic mass is 16.5. The Hall–Kier alpha value is -1.38. The Balaban J connectivity index is 2.09. The van der Waals surface area contributed by atoms with Gasteiger partial charge in [0.2, 0.25) is 0 Å². The normalized spacial score (nSPS) is 14.3. The van der Waals surface area contributed by atoms with E-state index in [1.54, 1.807) is 4.90 Å². The number of quaternary nitrogens is 1. The van der Waals surface area contributed by atoms with E-state index in [1.807, 2.05) is 0 Å². The third-order valence-electron chi connectivity index (χ3n) is 4.30. The Bertz CT molecular complexity index is 587. The number of hydrogen-bond donors (Lipinski definition) is 1. The summed E-state index contributed by atoms with van der Waals surface area (Å²) < 4.78 is 5.70. The zero-order chi connectivity index (χ0) is 13.2. The van der Waals surface area contributed by atoms with Crippen molar-refractivity contribution in [2.45, 2.75) is 33.6 Å². The molecule has 0 fully saturated rings. The van der Waals surface area contributed by atoms with E-state index in [4.69, 9.17) is 4.74 Å². The highest BCUT2D eigenvalue weighted by Gasteiger charge is 2.20. The Morgan fingerprint density at radius 1 is 1.05 bits per heavy atom. The fraction of sp³-hybridized carbons (Fsp3) is 0.412. The van der Waals surface area contributed by atoms with Crippen molar-refractivity contribution in [3.05, 3.63) is 47.0 Å². The summed E-state index contributed by atoms with van der Waals surface area (Å²) in [6.07, 6.45) is 0. The maximum Gasteiger partial charge on any atom is 0.103 e. The van der Waals surface area contributed by atoms with E-state index in [-0.39, 0.29) is 0 Å². The molecule has 0 bridgehead atoms.